The monoisotopic (exact) mass is 309 g/mol. The van der Waals surface area contributed by atoms with Gasteiger partial charge in [0.15, 0.2) is 0 Å². The molecule has 2 bridgehead atoms. The van der Waals surface area contributed by atoms with Crippen molar-refractivity contribution < 1.29 is 9.53 Å². The number of ether oxygens (including phenoxy) is 1. The maximum absolute atomic E-state index is 12.5. The average molecular weight is 309 g/mol. The van der Waals surface area contributed by atoms with Gasteiger partial charge >= 0.3 is 5.97 Å². The normalized spacial score (nSPS) is 30.5. The van der Waals surface area contributed by atoms with Gasteiger partial charge in [-0.05, 0) is 55.0 Å². The molecule has 2 aromatic carbocycles. The van der Waals surface area contributed by atoms with Crippen molar-refractivity contribution in [2.75, 3.05) is 14.2 Å². The molecular formula is C20H23NO2. The first kappa shape index (κ1) is 14.7. The summed E-state index contributed by atoms with van der Waals surface area (Å²) in [6.45, 7) is 0. The lowest BCUT2D eigenvalue weighted by atomic mass is 9.78. The van der Waals surface area contributed by atoms with Crippen molar-refractivity contribution in [1.29, 1.82) is 0 Å². The van der Waals surface area contributed by atoms with Gasteiger partial charge in [-0.25, -0.2) is 0 Å². The predicted molar refractivity (Wildman–Crippen MR) is 91.5 cm³/mol. The van der Waals surface area contributed by atoms with E-state index in [1.54, 1.807) is 0 Å². The van der Waals surface area contributed by atoms with Crippen molar-refractivity contribution >= 4 is 16.7 Å². The van der Waals surface area contributed by atoms with Crippen molar-refractivity contribution in [3.63, 3.8) is 0 Å². The molecule has 2 saturated heterocycles. The molecule has 23 heavy (non-hydrogen) atoms. The number of esters is 1. The van der Waals surface area contributed by atoms with E-state index in [9.17, 15) is 4.79 Å². The molecule has 3 atom stereocenters. The molecule has 0 aliphatic carbocycles. The molecule has 4 rings (SSSR count). The molecule has 0 N–H and O–H groups in total. The second-order valence-corrected chi connectivity index (χ2v) is 7.07. The Balaban J connectivity index is 1.70. The Bertz CT molecular complexity index is 756. The Kier molecular flexibility index (Phi) is 3.42. The molecule has 0 aromatic heterocycles. The van der Waals surface area contributed by atoms with Crippen LogP contribution in [0.15, 0.2) is 42.5 Å². The standard InChI is InChI=1S/C20H23NO2/c1-21-18-9-10-20(21,19(22)23-2)13-17(12-18)16-8-7-14-5-3-4-6-15(14)11-16/h3-8,11,17-18H,9-10,12-13H2,1-2H3/t17?,18-,20+/m0/s1. The summed E-state index contributed by atoms with van der Waals surface area (Å²) in [6, 6.07) is 15.7. The van der Waals surface area contributed by atoms with E-state index in [2.05, 4.69) is 54.4 Å². The van der Waals surface area contributed by atoms with Gasteiger partial charge < -0.3 is 4.74 Å². The molecular weight excluding hydrogens is 286 g/mol. The lowest BCUT2D eigenvalue weighted by molar-refractivity contribution is -0.156. The van der Waals surface area contributed by atoms with Crippen LogP contribution in [0.5, 0.6) is 0 Å². The molecule has 1 unspecified atom stereocenters. The van der Waals surface area contributed by atoms with E-state index in [0.717, 1.165) is 25.7 Å². The van der Waals surface area contributed by atoms with Crippen molar-refractivity contribution in [1.82, 2.24) is 4.90 Å². The number of carbonyl (C=O) groups excluding carboxylic acids is 1. The molecule has 2 aliphatic rings. The molecule has 0 spiro atoms. The summed E-state index contributed by atoms with van der Waals surface area (Å²) >= 11 is 0. The summed E-state index contributed by atoms with van der Waals surface area (Å²) in [5.41, 5.74) is 0.936. The molecule has 3 heteroatoms. The summed E-state index contributed by atoms with van der Waals surface area (Å²) in [5, 5.41) is 2.55. The number of likely N-dealkylation sites (N-methyl/N-ethyl adjacent to an activating group) is 1. The van der Waals surface area contributed by atoms with Gasteiger partial charge in [-0.3, -0.25) is 9.69 Å². The van der Waals surface area contributed by atoms with E-state index in [1.807, 2.05) is 0 Å². The molecule has 0 radical (unpaired) electrons. The summed E-state index contributed by atoms with van der Waals surface area (Å²) < 4.78 is 5.15. The average Bonchev–Trinajstić information content (AvgIpc) is 2.79. The SMILES string of the molecule is COC(=O)[C@@]12CC[C@@H](CC(c3ccc4ccccc4c3)C1)N2C. The number of fused-ring (bicyclic) bond motifs is 3. The van der Waals surface area contributed by atoms with Gasteiger partial charge in [0.1, 0.15) is 5.54 Å². The summed E-state index contributed by atoms with van der Waals surface area (Å²) in [7, 11) is 3.60. The topological polar surface area (TPSA) is 29.5 Å². The Labute approximate surface area is 137 Å². The maximum atomic E-state index is 12.5. The minimum absolute atomic E-state index is 0.0620. The number of hydrogen-bond donors (Lipinski definition) is 0. The van der Waals surface area contributed by atoms with Crippen LogP contribution >= 0.6 is 0 Å². The molecule has 2 aliphatic heterocycles. The van der Waals surface area contributed by atoms with E-state index in [1.165, 1.54) is 23.4 Å². The first-order valence-corrected chi connectivity index (χ1v) is 8.44. The van der Waals surface area contributed by atoms with Crippen LogP contribution in [0.4, 0.5) is 0 Å². The fourth-order valence-electron chi connectivity index (χ4n) is 4.70. The van der Waals surface area contributed by atoms with Gasteiger partial charge in [-0.2, -0.15) is 0 Å². The van der Waals surface area contributed by atoms with Gasteiger partial charge in [-0.1, -0.05) is 42.5 Å². The number of carbonyl (C=O) groups is 1. The Morgan fingerprint density at radius 2 is 2.00 bits per heavy atom. The third-order valence-electron chi connectivity index (χ3n) is 6.06. The molecule has 0 saturated carbocycles. The largest absolute Gasteiger partial charge is 0.468 e. The zero-order valence-electron chi connectivity index (χ0n) is 13.8. The second-order valence-electron chi connectivity index (χ2n) is 7.07. The molecule has 2 aromatic rings. The van der Waals surface area contributed by atoms with E-state index < -0.39 is 5.54 Å². The van der Waals surface area contributed by atoms with Crippen molar-refractivity contribution in [3.8, 4) is 0 Å². The minimum Gasteiger partial charge on any atom is -0.468 e. The number of piperidine rings is 1. The zero-order valence-corrected chi connectivity index (χ0v) is 13.8. The van der Waals surface area contributed by atoms with Crippen molar-refractivity contribution in [3.05, 3.63) is 48.0 Å². The van der Waals surface area contributed by atoms with Crippen molar-refractivity contribution in [2.45, 2.75) is 43.2 Å². The Morgan fingerprint density at radius 1 is 1.22 bits per heavy atom. The molecule has 2 heterocycles. The molecule has 0 amide bonds. The van der Waals surface area contributed by atoms with E-state index in [0.29, 0.717) is 12.0 Å². The highest BCUT2D eigenvalue weighted by molar-refractivity contribution is 5.84. The highest BCUT2D eigenvalue weighted by Crippen LogP contribution is 2.49. The zero-order chi connectivity index (χ0) is 16.0. The first-order chi connectivity index (χ1) is 11.1. The fraction of sp³-hybridized carbons (Fsp3) is 0.450. The summed E-state index contributed by atoms with van der Waals surface area (Å²) in [4.78, 5) is 14.8. The second kappa shape index (κ2) is 5.34. The van der Waals surface area contributed by atoms with Gasteiger partial charge in [0.25, 0.3) is 0 Å². The molecule has 120 valence electrons. The number of hydrogen-bond acceptors (Lipinski definition) is 3. The van der Waals surface area contributed by atoms with E-state index in [4.69, 9.17) is 4.74 Å². The first-order valence-electron chi connectivity index (χ1n) is 8.44. The lowest BCUT2D eigenvalue weighted by Crippen LogP contribution is -2.55. The van der Waals surface area contributed by atoms with Crippen LogP contribution in [0, 0.1) is 0 Å². The lowest BCUT2D eigenvalue weighted by Gasteiger charge is -2.43. The van der Waals surface area contributed by atoms with E-state index in [-0.39, 0.29) is 5.97 Å². The van der Waals surface area contributed by atoms with Crippen LogP contribution in [0.2, 0.25) is 0 Å². The fourth-order valence-corrected chi connectivity index (χ4v) is 4.70. The van der Waals surface area contributed by atoms with Gasteiger partial charge in [0.05, 0.1) is 7.11 Å². The third-order valence-corrected chi connectivity index (χ3v) is 6.06. The van der Waals surface area contributed by atoms with Crippen LogP contribution in [-0.4, -0.2) is 36.6 Å². The third kappa shape index (κ3) is 2.18. The van der Waals surface area contributed by atoms with Gasteiger partial charge in [0.2, 0.25) is 0 Å². The quantitative estimate of drug-likeness (QED) is 0.792. The molecule has 2 fully saturated rings. The minimum atomic E-state index is -0.423. The Hall–Kier alpha value is -1.87. The maximum Gasteiger partial charge on any atom is 0.326 e. The predicted octanol–water partition coefficient (Wildman–Crippen LogP) is 3.72. The van der Waals surface area contributed by atoms with Crippen molar-refractivity contribution in [2.24, 2.45) is 0 Å². The highest BCUT2D eigenvalue weighted by atomic mass is 16.5. The van der Waals surface area contributed by atoms with Crippen LogP contribution in [0.3, 0.4) is 0 Å². The Morgan fingerprint density at radius 3 is 2.78 bits per heavy atom. The van der Waals surface area contributed by atoms with E-state index >= 15 is 0 Å². The highest BCUT2D eigenvalue weighted by Gasteiger charge is 2.55. The van der Waals surface area contributed by atoms with Gasteiger partial charge in [-0.15, -0.1) is 0 Å². The smallest absolute Gasteiger partial charge is 0.326 e. The number of rotatable bonds is 2. The van der Waals surface area contributed by atoms with Crippen LogP contribution in [0.25, 0.3) is 10.8 Å². The number of methoxy groups -OCH3 is 1. The number of benzene rings is 2. The molecule has 3 nitrogen and oxygen atoms in total. The van der Waals surface area contributed by atoms with Crippen LogP contribution < -0.4 is 0 Å². The summed E-state index contributed by atoms with van der Waals surface area (Å²) in [5.74, 6) is 0.371. The van der Waals surface area contributed by atoms with Gasteiger partial charge in [0, 0.05) is 6.04 Å². The van der Waals surface area contributed by atoms with Crippen LogP contribution in [-0.2, 0) is 9.53 Å². The summed E-state index contributed by atoms with van der Waals surface area (Å²) in [6.07, 6.45) is 4.01. The van der Waals surface area contributed by atoms with Crippen LogP contribution in [0.1, 0.15) is 37.2 Å². The number of nitrogens with zero attached hydrogens (tertiary/aromatic N) is 1.